The molecule has 1 aliphatic rings. The van der Waals surface area contributed by atoms with Gasteiger partial charge in [-0.3, -0.25) is 24.6 Å². The van der Waals surface area contributed by atoms with E-state index in [1.807, 2.05) is 28.8 Å². The van der Waals surface area contributed by atoms with Crippen molar-refractivity contribution in [1.82, 2.24) is 9.55 Å². The fourth-order valence-corrected chi connectivity index (χ4v) is 4.37. The van der Waals surface area contributed by atoms with E-state index in [1.54, 1.807) is 24.0 Å². The van der Waals surface area contributed by atoms with Gasteiger partial charge in [-0.05, 0) is 31.0 Å². The van der Waals surface area contributed by atoms with Gasteiger partial charge in [0, 0.05) is 18.7 Å². The van der Waals surface area contributed by atoms with Crippen molar-refractivity contribution in [2.24, 2.45) is 5.92 Å². The Morgan fingerprint density at radius 2 is 1.85 bits per heavy atom. The summed E-state index contributed by atoms with van der Waals surface area (Å²) in [6.07, 6.45) is 2.72. The molecule has 0 saturated carbocycles. The molecule has 0 aliphatic carbocycles. The molecular weight excluding hydrogens is 424 g/mol. The molecule has 0 spiro atoms. The van der Waals surface area contributed by atoms with Crippen molar-refractivity contribution in [3.63, 3.8) is 0 Å². The number of carbonyl (C=O) groups is 2. The molecule has 1 amide bonds. The van der Waals surface area contributed by atoms with Gasteiger partial charge < -0.3 is 9.30 Å². The van der Waals surface area contributed by atoms with E-state index in [4.69, 9.17) is 9.72 Å². The Morgan fingerprint density at radius 1 is 1.12 bits per heavy atom. The normalized spacial score (nSPS) is 17.8. The lowest BCUT2D eigenvalue weighted by molar-refractivity contribution is -0.384. The zero-order valence-corrected chi connectivity index (χ0v) is 18.6. The number of carbonyl (C=O) groups excluding carboxylic acids is 2. The lowest BCUT2D eigenvalue weighted by atomic mass is 9.89. The molecule has 0 radical (unpaired) electrons. The van der Waals surface area contributed by atoms with Gasteiger partial charge in [-0.2, -0.15) is 0 Å². The van der Waals surface area contributed by atoms with Crippen LogP contribution in [0.2, 0.25) is 0 Å². The smallest absolute Gasteiger partial charge is 0.321 e. The number of nitrogens with zero attached hydrogens (tertiary/aromatic N) is 4. The summed E-state index contributed by atoms with van der Waals surface area (Å²) in [6, 6.07) is 12.7. The molecule has 0 fully saturated rings. The van der Waals surface area contributed by atoms with E-state index < -0.39 is 22.9 Å². The average molecular weight is 450 g/mol. The Morgan fingerprint density at radius 3 is 2.52 bits per heavy atom. The largest absolute Gasteiger partial charge is 0.465 e. The van der Waals surface area contributed by atoms with Crippen molar-refractivity contribution in [1.29, 1.82) is 0 Å². The number of ether oxygens (including phenoxy) is 1. The number of hydrogen-bond acceptors (Lipinski definition) is 6. The third-order valence-corrected chi connectivity index (χ3v) is 5.92. The van der Waals surface area contributed by atoms with Gasteiger partial charge in [0.15, 0.2) is 5.92 Å². The molecule has 2 aromatic carbocycles. The van der Waals surface area contributed by atoms with E-state index >= 15 is 0 Å². The van der Waals surface area contributed by atoms with E-state index in [1.165, 1.54) is 12.1 Å². The van der Waals surface area contributed by atoms with Crippen LogP contribution in [0.1, 0.15) is 44.7 Å². The van der Waals surface area contributed by atoms with E-state index in [0.29, 0.717) is 23.6 Å². The first-order valence-electron chi connectivity index (χ1n) is 11.2. The van der Waals surface area contributed by atoms with Crippen molar-refractivity contribution in [3.8, 4) is 0 Å². The number of fused-ring (bicyclic) bond motifs is 3. The molecule has 0 unspecified atom stereocenters. The monoisotopic (exact) mass is 450 g/mol. The molecule has 0 bridgehead atoms. The average Bonchev–Trinajstić information content (AvgIpc) is 3.19. The Hall–Kier alpha value is -3.75. The van der Waals surface area contributed by atoms with Crippen LogP contribution in [0.25, 0.3) is 11.0 Å². The fourth-order valence-electron chi connectivity index (χ4n) is 4.37. The van der Waals surface area contributed by atoms with Crippen molar-refractivity contribution >= 4 is 34.5 Å². The predicted octanol–water partition coefficient (Wildman–Crippen LogP) is 4.25. The second kappa shape index (κ2) is 9.40. The number of imidazole rings is 1. The zero-order chi connectivity index (χ0) is 23.5. The van der Waals surface area contributed by atoms with Crippen LogP contribution >= 0.6 is 0 Å². The fraction of sp³-hybridized carbons (Fsp3) is 0.375. The van der Waals surface area contributed by atoms with E-state index in [0.717, 1.165) is 24.8 Å². The number of aromatic nitrogens is 2. The van der Waals surface area contributed by atoms with Gasteiger partial charge in [-0.25, -0.2) is 4.98 Å². The van der Waals surface area contributed by atoms with E-state index in [9.17, 15) is 19.7 Å². The molecule has 0 saturated heterocycles. The van der Waals surface area contributed by atoms with Crippen LogP contribution in [0, 0.1) is 16.0 Å². The Bertz CT molecular complexity index is 1190. The summed E-state index contributed by atoms with van der Waals surface area (Å²) in [5, 5.41) is 11.2. The summed E-state index contributed by atoms with van der Waals surface area (Å²) >= 11 is 0. The highest BCUT2D eigenvalue weighted by Gasteiger charge is 2.47. The molecule has 2 heterocycles. The number of benzene rings is 2. The molecule has 9 nitrogen and oxygen atoms in total. The van der Waals surface area contributed by atoms with Gasteiger partial charge in [-0.15, -0.1) is 0 Å². The number of non-ortho nitro benzene ring substituents is 1. The van der Waals surface area contributed by atoms with Crippen molar-refractivity contribution in [2.45, 2.75) is 39.2 Å². The minimum atomic E-state index is -1.13. The van der Waals surface area contributed by atoms with Crippen LogP contribution in [0.4, 0.5) is 11.6 Å². The summed E-state index contributed by atoms with van der Waals surface area (Å²) in [5.74, 6) is -1.63. The van der Waals surface area contributed by atoms with Crippen LogP contribution in [0.5, 0.6) is 0 Å². The third-order valence-electron chi connectivity index (χ3n) is 5.92. The van der Waals surface area contributed by atoms with Gasteiger partial charge in [0.2, 0.25) is 11.9 Å². The molecule has 1 aliphatic heterocycles. The van der Waals surface area contributed by atoms with Crippen LogP contribution in [-0.2, 0) is 14.3 Å². The summed E-state index contributed by atoms with van der Waals surface area (Å²) in [6.45, 7) is 4.37. The van der Waals surface area contributed by atoms with Crippen LogP contribution in [-0.4, -0.2) is 39.5 Å². The summed E-state index contributed by atoms with van der Waals surface area (Å²) in [5.41, 5.74) is 2.02. The summed E-state index contributed by atoms with van der Waals surface area (Å²) < 4.78 is 7.21. The number of para-hydroxylation sites is 2. The first-order valence-corrected chi connectivity index (χ1v) is 11.2. The first-order chi connectivity index (χ1) is 16.0. The Balaban J connectivity index is 1.92. The van der Waals surface area contributed by atoms with Crippen LogP contribution in [0.3, 0.4) is 0 Å². The number of nitro benzene ring substituents is 1. The molecule has 9 heteroatoms. The maximum absolute atomic E-state index is 13.7. The van der Waals surface area contributed by atoms with Gasteiger partial charge in [0.25, 0.3) is 5.69 Å². The Labute approximate surface area is 191 Å². The lowest BCUT2D eigenvalue weighted by Gasteiger charge is -2.38. The molecule has 172 valence electrons. The molecule has 0 N–H and O–H groups in total. The van der Waals surface area contributed by atoms with Gasteiger partial charge in [0.05, 0.1) is 28.6 Å². The lowest BCUT2D eigenvalue weighted by Crippen LogP contribution is -2.50. The topological polar surface area (TPSA) is 108 Å². The van der Waals surface area contributed by atoms with Gasteiger partial charge in [0.1, 0.15) is 0 Å². The number of esters is 1. The van der Waals surface area contributed by atoms with Crippen LogP contribution < -0.4 is 4.90 Å². The number of rotatable bonds is 8. The van der Waals surface area contributed by atoms with Crippen LogP contribution in [0.15, 0.2) is 48.5 Å². The van der Waals surface area contributed by atoms with Gasteiger partial charge in [-0.1, -0.05) is 44.0 Å². The molecule has 3 aromatic rings. The third kappa shape index (κ3) is 4.06. The minimum Gasteiger partial charge on any atom is -0.465 e. The second-order valence-corrected chi connectivity index (χ2v) is 7.99. The van der Waals surface area contributed by atoms with E-state index in [2.05, 4.69) is 6.92 Å². The van der Waals surface area contributed by atoms with Crippen molar-refractivity contribution in [3.05, 3.63) is 64.2 Å². The second-order valence-electron chi connectivity index (χ2n) is 7.99. The molecule has 1 aromatic heterocycles. The zero-order valence-electron chi connectivity index (χ0n) is 18.6. The van der Waals surface area contributed by atoms with Crippen molar-refractivity contribution in [2.75, 3.05) is 18.1 Å². The SMILES string of the molecule is CCCCCN1C(=O)[C@H](C(=O)OCC)[C@@H](c2ccc([N+](=O)[O-])cc2)n2c1nc1ccccc12. The molecule has 4 rings (SSSR count). The highest BCUT2D eigenvalue weighted by atomic mass is 16.6. The number of amides is 1. The first kappa shape index (κ1) is 22.4. The quantitative estimate of drug-likeness (QED) is 0.167. The number of nitro groups is 1. The highest BCUT2D eigenvalue weighted by Crippen LogP contribution is 2.41. The molecule has 2 atom stereocenters. The van der Waals surface area contributed by atoms with E-state index in [-0.39, 0.29) is 18.2 Å². The predicted molar refractivity (Wildman–Crippen MR) is 123 cm³/mol. The summed E-state index contributed by atoms with van der Waals surface area (Å²) in [7, 11) is 0. The minimum absolute atomic E-state index is 0.0644. The van der Waals surface area contributed by atoms with Crippen molar-refractivity contribution < 1.29 is 19.2 Å². The Kier molecular flexibility index (Phi) is 6.39. The summed E-state index contributed by atoms with van der Waals surface area (Å²) in [4.78, 5) is 43.8. The molecular formula is C24H26N4O5. The highest BCUT2D eigenvalue weighted by molar-refractivity contribution is 6.08. The number of hydrogen-bond donors (Lipinski definition) is 0. The maximum Gasteiger partial charge on any atom is 0.321 e. The number of unbranched alkanes of at least 4 members (excludes halogenated alkanes) is 2. The molecule has 33 heavy (non-hydrogen) atoms. The van der Waals surface area contributed by atoms with Gasteiger partial charge >= 0.3 is 5.97 Å². The standard InChI is InChI=1S/C24H26N4O5/c1-3-5-8-15-26-22(29)20(23(30)33-4-2)21(16-11-13-17(14-12-16)28(31)32)27-19-10-7-6-9-18(19)25-24(26)27/h6-7,9-14,20-21H,3-5,8,15H2,1-2H3/t20-,21-/m1/s1. The number of anilines is 1. The maximum atomic E-state index is 13.7.